The van der Waals surface area contributed by atoms with Crippen molar-refractivity contribution in [1.29, 1.82) is 0 Å². The molecule has 0 aliphatic heterocycles. The van der Waals surface area contributed by atoms with E-state index in [0.29, 0.717) is 5.75 Å². The molecule has 152 valence electrons. The largest absolute Gasteiger partial charge is 0.481 e. The molecule has 0 heterocycles. The first kappa shape index (κ1) is 21.7. The van der Waals surface area contributed by atoms with Gasteiger partial charge in [-0.15, -0.1) is 0 Å². The molecule has 27 heavy (non-hydrogen) atoms. The molecule has 0 saturated heterocycles. The number of nitrogens with one attached hydrogen (secondary N) is 2. The standard InChI is InChI=1S/C19H30N2O5S/c1-14(13-25-3)21-27(23,24)18-11-9-17(10-12-18)26-15(2)19(22)20-16-7-5-4-6-8-16/h9-12,14-16,21H,4-8,13H2,1-3H3,(H,20,22)/t14-,15-/m1/s1. The number of amides is 1. The van der Waals surface area contributed by atoms with Crippen molar-refractivity contribution in [3.05, 3.63) is 24.3 Å². The lowest BCUT2D eigenvalue weighted by molar-refractivity contribution is -0.128. The first-order chi connectivity index (χ1) is 12.8. The summed E-state index contributed by atoms with van der Waals surface area (Å²) in [7, 11) is -2.11. The maximum Gasteiger partial charge on any atom is 0.260 e. The number of ether oxygens (including phenoxy) is 2. The Morgan fingerprint density at radius 1 is 1.15 bits per heavy atom. The summed E-state index contributed by atoms with van der Waals surface area (Å²) in [6.07, 6.45) is 4.90. The van der Waals surface area contributed by atoms with E-state index in [-0.39, 0.29) is 29.5 Å². The smallest absolute Gasteiger partial charge is 0.260 e. The van der Waals surface area contributed by atoms with Crippen LogP contribution in [0.2, 0.25) is 0 Å². The molecular formula is C19H30N2O5S. The third kappa shape index (κ3) is 6.79. The average molecular weight is 399 g/mol. The van der Waals surface area contributed by atoms with Crippen molar-refractivity contribution in [2.24, 2.45) is 0 Å². The molecule has 1 fully saturated rings. The minimum Gasteiger partial charge on any atom is -0.481 e. The van der Waals surface area contributed by atoms with Crippen LogP contribution in [0.15, 0.2) is 29.2 Å². The van der Waals surface area contributed by atoms with Gasteiger partial charge < -0.3 is 14.8 Å². The fourth-order valence-corrected chi connectivity index (χ4v) is 4.37. The second-order valence-corrected chi connectivity index (χ2v) is 8.77. The first-order valence-electron chi connectivity index (χ1n) is 9.40. The number of hydrogen-bond donors (Lipinski definition) is 2. The van der Waals surface area contributed by atoms with E-state index in [1.807, 2.05) is 0 Å². The molecule has 1 aliphatic carbocycles. The maximum absolute atomic E-state index is 12.3. The molecule has 1 amide bonds. The molecule has 0 bridgehead atoms. The quantitative estimate of drug-likeness (QED) is 0.665. The third-order valence-electron chi connectivity index (χ3n) is 4.54. The molecule has 1 saturated carbocycles. The van der Waals surface area contributed by atoms with Crippen LogP contribution in [0.1, 0.15) is 46.0 Å². The zero-order chi connectivity index (χ0) is 19.9. The summed E-state index contributed by atoms with van der Waals surface area (Å²) in [4.78, 5) is 12.4. The van der Waals surface area contributed by atoms with E-state index in [9.17, 15) is 13.2 Å². The van der Waals surface area contributed by atoms with E-state index in [1.54, 1.807) is 26.0 Å². The molecule has 2 rings (SSSR count). The molecule has 1 aromatic carbocycles. The number of benzene rings is 1. The average Bonchev–Trinajstić information content (AvgIpc) is 2.62. The Kier molecular flexibility index (Phi) is 8.07. The lowest BCUT2D eigenvalue weighted by Gasteiger charge is -2.24. The molecule has 0 radical (unpaired) electrons. The van der Waals surface area contributed by atoms with Gasteiger partial charge in [-0.25, -0.2) is 13.1 Å². The van der Waals surface area contributed by atoms with Crippen LogP contribution in [0, 0.1) is 0 Å². The van der Waals surface area contributed by atoms with Gasteiger partial charge in [-0.2, -0.15) is 0 Å². The van der Waals surface area contributed by atoms with Crippen molar-refractivity contribution in [2.75, 3.05) is 13.7 Å². The van der Waals surface area contributed by atoms with Crippen LogP contribution < -0.4 is 14.8 Å². The van der Waals surface area contributed by atoms with Crippen molar-refractivity contribution >= 4 is 15.9 Å². The SMILES string of the molecule is COC[C@@H](C)NS(=O)(=O)c1ccc(O[C@H](C)C(=O)NC2CCCCC2)cc1. The first-order valence-corrected chi connectivity index (χ1v) is 10.9. The Labute approximate surface area is 161 Å². The highest BCUT2D eigenvalue weighted by Gasteiger charge is 2.21. The van der Waals surface area contributed by atoms with E-state index >= 15 is 0 Å². The van der Waals surface area contributed by atoms with Crippen molar-refractivity contribution < 1.29 is 22.7 Å². The highest BCUT2D eigenvalue weighted by Crippen LogP contribution is 2.19. The summed E-state index contributed by atoms with van der Waals surface area (Å²) in [5.74, 6) is 0.304. The number of carbonyl (C=O) groups excluding carboxylic acids is 1. The van der Waals surface area contributed by atoms with Gasteiger partial charge in [0.2, 0.25) is 10.0 Å². The van der Waals surface area contributed by atoms with Gasteiger partial charge in [-0.05, 0) is 51.0 Å². The molecule has 8 heteroatoms. The molecule has 2 atom stereocenters. The van der Waals surface area contributed by atoms with Gasteiger partial charge in [-0.3, -0.25) is 4.79 Å². The Balaban J connectivity index is 1.91. The second kappa shape index (κ2) is 10.1. The van der Waals surface area contributed by atoms with Crippen molar-refractivity contribution in [3.63, 3.8) is 0 Å². The maximum atomic E-state index is 12.3. The lowest BCUT2D eigenvalue weighted by Crippen LogP contribution is -2.43. The predicted octanol–water partition coefficient (Wildman–Crippen LogP) is 2.22. The number of carbonyl (C=O) groups is 1. The van der Waals surface area contributed by atoms with Crippen LogP contribution in [0.5, 0.6) is 5.75 Å². The third-order valence-corrected chi connectivity index (χ3v) is 6.15. The zero-order valence-corrected chi connectivity index (χ0v) is 17.1. The molecule has 1 aliphatic rings. The topological polar surface area (TPSA) is 93.7 Å². The summed E-state index contributed by atoms with van der Waals surface area (Å²) in [6, 6.07) is 5.93. The monoisotopic (exact) mass is 398 g/mol. The van der Waals surface area contributed by atoms with E-state index < -0.39 is 16.1 Å². The summed E-state index contributed by atoms with van der Waals surface area (Å²) < 4.78 is 37.8. The summed E-state index contributed by atoms with van der Waals surface area (Å²) in [5.41, 5.74) is 0. The van der Waals surface area contributed by atoms with Crippen LogP contribution in [-0.2, 0) is 19.6 Å². The van der Waals surface area contributed by atoms with Crippen LogP contribution in [0.4, 0.5) is 0 Å². The van der Waals surface area contributed by atoms with Crippen molar-refractivity contribution in [3.8, 4) is 5.75 Å². The fourth-order valence-electron chi connectivity index (χ4n) is 3.14. The van der Waals surface area contributed by atoms with Crippen LogP contribution >= 0.6 is 0 Å². The van der Waals surface area contributed by atoms with Gasteiger partial charge >= 0.3 is 0 Å². The molecule has 7 nitrogen and oxygen atoms in total. The number of sulfonamides is 1. The number of hydrogen-bond acceptors (Lipinski definition) is 5. The Morgan fingerprint density at radius 3 is 2.37 bits per heavy atom. The summed E-state index contributed by atoms with van der Waals surface area (Å²) in [5, 5.41) is 3.03. The van der Waals surface area contributed by atoms with E-state index in [0.717, 1.165) is 25.7 Å². The molecule has 0 unspecified atom stereocenters. The van der Waals surface area contributed by atoms with Gasteiger partial charge in [-0.1, -0.05) is 19.3 Å². The van der Waals surface area contributed by atoms with Gasteiger partial charge in [0.1, 0.15) is 5.75 Å². The van der Waals surface area contributed by atoms with Crippen LogP contribution in [-0.4, -0.2) is 46.2 Å². The van der Waals surface area contributed by atoms with Crippen LogP contribution in [0.25, 0.3) is 0 Å². The summed E-state index contributed by atoms with van der Waals surface area (Å²) >= 11 is 0. The molecule has 2 N–H and O–H groups in total. The Morgan fingerprint density at radius 2 is 1.78 bits per heavy atom. The molecular weight excluding hydrogens is 368 g/mol. The fraction of sp³-hybridized carbons (Fsp3) is 0.632. The lowest BCUT2D eigenvalue weighted by atomic mass is 9.95. The van der Waals surface area contributed by atoms with Crippen molar-refractivity contribution in [2.45, 2.75) is 69.0 Å². The van der Waals surface area contributed by atoms with Gasteiger partial charge in [0.15, 0.2) is 6.10 Å². The predicted molar refractivity (Wildman–Crippen MR) is 103 cm³/mol. The Hall–Kier alpha value is -1.64. The Bertz CT molecular complexity index is 699. The minimum absolute atomic E-state index is 0.136. The van der Waals surface area contributed by atoms with Crippen molar-refractivity contribution in [1.82, 2.24) is 10.0 Å². The highest BCUT2D eigenvalue weighted by atomic mass is 32.2. The molecule has 1 aromatic rings. The number of methoxy groups -OCH3 is 1. The summed E-state index contributed by atoms with van der Waals surface area (Å²) in [6.45, 7) is 3.70. The number of rotatable bonds is 9. The van der Waals surface area contributed by atoms with Gasteiger partial charge in [0.05, 0.1) is 11.5 Å². The minimum atomic E-state index is -3.63. The van der Waals surface area contributed by atoms with E-state index in [1.165, 1.54) is 25.7 Å². The molecule has 0 spiro atoms. The highest BCUT2D eigenvalue weighted by molar-refractivity contribution is 7.89. The second-order valence-electron chi connectivity index (χ2n) is 7.05. The van der Waals surface area contributed by atoms with E-state index in [2.05, 4.69) is 10.0 Å². The molecule has 0 aromatic heterocycles. The van der Waals surface area contributed by atoms with E-state index in [4.69, 9.17) is 9.47 Å². The normalized spacial score (nSPS) is 17.9. The van der Waals surface area contributed by atoms with Crippen LogP contribution in [0.3, 0.4) is 0 Å². The zero-order valence-electron chi connectivity index (χ0n) is 16.2. The van der Waals surface area contributed by atoms with Gasteiger partial charge in [0, 0.05) is 19.2 Å². The van der Waals surface area contributed by atoms with Gasteiger partial charge in [0.25, 0.3) is 5.91 Å².